The molecular weight excluding hydrogens is 494 g/mol. The van der Waals surface area contributed by atoms with Gasteiger partial charge >= 0.3 is 0 Å². The van der Waals surface area contributed by atoms with E-state index >= 15 is 0 Å². The van der Waals surface area contributed by atoms with Gasteiger partial charge in [-0.25, -0.2) is 9.50 Å². The number of hydrogen-bond acceptors (Lipinski definition) is 9. The molecular formula is C28H33N9O2. The molecule has 0 bridgehead atoms. The van der Waals surface area contributed by atoms with Crippen molar-refractivity contribution in [2.24, 2.45) is 5.73 Å². The van der Waals surface area contributed by atoms with Gasteiger partial charge in [0.05, 0.1) is 25.1 Å². The van der Waals surface area contributed by atoms with Crippen molar-refractivity contribution in [1.82, 2.24) is 19.6 Å². The second-order valence-electron chi connectivity index (χ2n) is 10.0. The van der Waals surface area contributed by atoms with Crippen LogP contribution in [0.25, 0.3) is 5.65 Å². The van der Waals surface area contributed by atoms with E-state index in [1.165, 1.54) is 0 Å². The number of carbonyl (C=O) groups is 1. The van der Waals surface area contributed by atoms with Crippen LogP contribution in [0.15, 0.2) is 61.1 Å². The molecule has 1 saturated heterocycles. The minimum Gasteiger partial charge on any atom is -0.378 e. The number of nitrogens with one attached hydrogen (secondary N) is 3. The van der Waals surface area contributed by atoms with Gasteiger partial charge in [0.15, 0.2) is 11.3 Å². The highest BCUT2D eigenvalue weighted by molar-refractivity contribution is 6.03. The second-order valence-corrected chi connectivity index (χ2v) is 10.0. The summed E-state index contributed by atoms with van der Waals surface area (Å²) in [5, 5.41) is 14.7. The number of benzene rings is 1. The summed E-state index contributed by atoms with van der Waals surface area (Å²) in [6.45, 7) is 3.26. The number of pyridine rings is 1. The zero-order valence-corrected chi connectivity index (χ0v) is 21.7. The zero-order chi connectivity index (χ0) is 26.6. The Balaban J connectivity index is 1.29. The smallest absolute Gasteiger partial charge is 0.276 e. The predicted molar refractivity (Wildman–Crippen MR) is 152 cm³/mol. The Bertz CT molecular complexity index is 1410. The average molecular weight is 528 g/mol. The number of nitrogens with two attached hydrogens (primary N) is 1. The molecule has 11 heteroatoms. The van der Waals surface area contributed by atoms with Gasteiger partial charge in [0.25, 0.3) is 5.91 Å². The summed E-state index contributed by atoms with van der Waals surface area (Å²) in [5.41, 5.74) is 10.5. The van der Waals surface area contributed by atoms with E-state index in [1.807, 2.05) is 6.07 Å². The highest BCUT2D eigenvalue weighted by Gasteiger charge is 2.21. The number of fused-ring (bicyclic) bond motifs is 1. The van der Waals surface area contributed by atoms with E-state index in [1.54, 1.807) is 35.2 Å². The Labute approximate surface area is 226 Å². The molecule has 202 valence electrons. The van der Waals surface area contributed by atoms with Gasteiger partial charge in [-0.15, -0.1) is 5.10 Å². The lowest BCUT2D eigenvalue weighted by Crippen LogP contribution is -2.36. The fraction of sp³-hybridized carbons (Fsp3) is 0.357. The largest absolute Gasteiger partial charge is 0.378 e. The summed E-state index contributed by atoms with van der Waals surface area (Å²) in [6.07, 6.45) is 8.73. The Morgan fingerprint density at radius 2 is 1.72 bits per heavy atom. The molecule has 0 spiro atoms. The number of morpholine rings is 1. The first kappa shape index (κ1) is 25.1. The van der Waals surface area contributed by atoms with E-state index in [0.717, 1.165) is 69.0 Å². The maximum Gasteiger partial charge on any atom is 0.276 e. The molecule has 1 aromatic carbocycles. The van der Waals surface area contributed by atoms with Gasteiger partial charge < -0.3 is 31.3 Å². The molecule has 1 aliphatic carbocycles. The molecule has 11 nitrogen and oxygen atoms in total. The van der Waals surface area contributed by atoms with Gasteiger partial charge in [0, 0.05) is 60.7 Å². The van der Waals surface area contributed by atoms with Gasteiger partial charge in [-0.2, -0.15) is 0 Å². The Hall–Kier alpha value is -4.22. The quantitative estimate of drug-likeness (QED) is 0.284. The lowest BCUT2D eigenvalue weighted by molar-refractivity contribution is 0.102. The standard InChI is InChI=1S/C28H33N9O2/c29-19-1-3-21(4-2-19)33-26-17-24(32-20-5-7-23(8-6-20)36-13-15-39-16-14-36)27-31-18-25(37(27)35-26)28(38)34-22-9-11-30-12-10-22/h5-12,17-19,21,32H,1-4,13-16,29H2,(H,33,35)(H,30,34,38)/t19-,21-. The van der Waals surface area contributed by atoms with Crippen LogP contribution < -0.4 is 26.6 Å². The van der Waals surface area contributed by atoms with Crippen LogP contribution in [0, 0.1) is 0 Å². The molecule has 0 radical (unpaired) electrons. The van der Waals surface area contributed by atoms with E-state index in [4.69, 9.17) is 15.6 Å². The summed E-state index contributed by atoms with van der Waals surface area (Å²) in [4.78, 5) is 24.1. The molecule has 3 aromatic heterocycles. The van der Waals surface area contributed by atoms with Gasteiger partial charge in [-0.1, -0.05) is 0 Å². The first-order valence-corrected chi connectivity index (χ1v) is 13.4. The van der Waals surface area contributed by atoms with Crippen LogP contribution in [0.1, 0.15) is 36.2 Å². The molecule has 39 heavy (non-hydrogen) atoms. The van der Waals surface area contributed by atoms with Crippen LogP contribution in [0.2, 0.25) is 0 Å². The number of amides is 1. The van der Waals surface area contributed by atoms with Crippen molar-refractivity contribution in [3.63, 3.8) is 0 Å². The zero-order valence-electron chi connectivity index (χ0n) is 21.7. The van der Waals surface area contributed by atoms with Gasteiger partial charge in [0.1, 0.15) is 5.82 Å². The first-order valence-electron chi connectivity index (χ1n) is 13.4. The summed E-state index contributed by atoms with van der Waals surface area (Å²) < 4.78 is 7.07. The number of aromatic nitrogens is 4. The topological polar surface area (TPSA) is 135 Å². The van der Waals surface area contributed by atoms with Gasteiger partial charge in [0.2, 0.25) is 0 Å². The third-order valence-corrected chi connectivity index (χ3v) is 7.28. The number of nitrogens with zero attached hydrogens (tertiary/aromatic N) is 5. The summed E-state index contributed by atoms with van der Waals surface area (Å²) in [6, 6.07) is 14.3. The van der Waals surface area contributed by atoms with E-state index in [0.29, 0.717) is 22.8 Å². The number of anilines is 5. The van der Waals surface area contributed by atoms with Crippen molar-refractivity contribution in [2.45, 2.75) is 37.8 Å². The number of imidazole rings is 1. The number of carbonyl (C=O) groups excluding carboxylic acids is 1. The Morgan fingerprint density at radius 1 is 0.974 bits per heavy atom. The molecule has 6 rings (SSSR count). The highest BCUT2D eigenvalue weighted by Crippen LogP contribution is 2.28. The predicted octanol–water partition coefficient (Wildman–Crippen LogP) is 3.64. The molecule has 2 fully saturated rings. The average Bonchev–Trinajstić information content (AvgIpc) is 3.40. The number of hydrogen-bond donors (Lipinski definition) is 4. The van der Waals surface area contributed by atoms with Gasteiger partial charge in [-0.05, 0) is 62.1 Å². The summed E-state index contributed by atoms with van der Waals surface area (Å²) >= 11 is 0. The molecule has 1 saturated carbocycles. The lowest BCUT2D eigenvalue weighted by Gasteiger charge is -2.29. The molecule has 0 unspecified atom stereocenters. The Morgan fingerprint density at radius 3 is 2.46 bits per heavy atom. The van der Waals surface area contributed by atoms with Crippen LogP contribution in [-0.2, 0) is 4.74 Å². The van der Waals surface area contributed by atoms with Crippen LogP contribution in [0.5, 0.6) is 0 Å². The van der Waals surface area contributed by atoms with Crippen LogP contribution >= 0.6 is 0 Å². The lowest BCUT2D eigenvalue weighted by atomic mass is 9.92. The van der Waals surface area contributed by atoms with E-state index in [-0.39, 0.29) is 18.0 Å². The number of ether oxygens (including phenoxy) is 1. The fourth-order valence-corrected chi connectivity index (χ4v) is 5.12. The fourth-order valence-electron chi connectivity index (χ4n) is 5.12. The first-order chi connectivity index (χ1) is 19.1. The van der Waals surface area contributed by atoms with Crippen molar-refractivity contribution in [1.29, 1.82) is 0 Å². The second kappa shape index (κ2) is 11.3. The normalized spacial score (nSPS) is 19.6. The Kier molecular flexibility index (Phi) is 7.24. The molecule has 5 N–H and O–H groups in total. The van der Waals surface area contributed by atoms with Crippen molar-refractivity contribution in [2.75, 3.05) is 47.2 Å². The van der Waals surface area contributed by atoms with Crippen molar-refractivity contribution in [3.05, 3.63) is 66.7 Å². The minimum absolute atomic E-state index is 0.258. The molecule has 2 aliphatic rings. The van der Waals surface area contributed by atoms with Crippen molar-refractivity contribution < 1.29 is 9.53 Å². The van der Waals surface area contributed by atoms with Crippen molar-refractivity contribution in [3.8, 4) is 0 Å². The highest BCUT2D eigenvalue weighted by atomic mass is 16.5. The number of rotatable bonds is 7. The van der Waals surface area contributed by atoms with Crippen LogP contribution in [0.4, 0.5) is 28.6 Å². The van der Waals surface area contributed by atoms with E-state index in [9.17, 15) is 4.79 Å². The van der Waals surface area contributed by atoms with Crippen molar-refractivity contribution >= 4 is 40.1 Å². The third-order valence-electron chi connectivity index (χ3n) is 7.28. The third kappa shape index (κ3) is 5.79. The molecule has 1 amide bonds. The maximum atomic E-state index is 13.2. The summed E-state index contributed by atoms with van der Waals surface area (Å²) in [7, 11) is 0. The summed E-state index contributed by atoms with van der Waals surface area (Å²) in [5.74, 6) is 0.370. The molecule has 4 heterocycles. The van der Waals surface area contributed by atoms with Crippen LogP contribution in [0.3, 0.4) is 0 Å². The molecule has 4 aromatic rings. The SMILES string of the molecule is N[C@H]1CC[C@H](Nc2cc(Nc3ccc(N4CCOCC4)cc3)c3ncc(C(=O)Nc4ccncc4)n3n2)CC1. The van der Waals surface area contributed by atoms with Gasteiger partial charge in [-0.3, -0.25) is 9.78 Å². The van der Waals surface area contributed by atoms with Crippen LogP contribution in [-0.4, -0.2) is 63.9 Å². The van der Waals surface area contributed by atoms with E-state index in [2.05, 4.69) is 55.1 Å². The monoisotopic (exact) mass is 527 g/mol. The molecule has 1 aliphatic heterocycles. The van der Waals surface area contributed by atoms with E-state index < -0.39 is 0 Å². The maximum absolute atomic E-state index is 13.2. The molecule has 0 atom stereocenters. The minimum atomic E-state index is -0.303.